The van der Waals surface area contributed by atoms with Gasteiger partial charge in [0.2, 0.25) is 0 Å². The monoisotopic (exact) mass is 284 g/mol. The molecule has 18 heavy (non-hydrogen) atoms. The van der Waals surface area contributed by atoms with Gasteiger partial charge in [-0.2, -0.15) is 4.37 Å². The molecular formula is C9H8N4O3S2. The van der Waals surface area contributed by atoms with Crippen molar-refractivity contribution < 1.29 is 14.7 Å². The predicted octanol–water partition coefficient (Wildman–Crippen LogP) is 1.56. The van der Waals surface area contributed by atoms with E-state index in [0.29, 0.717) is 16.3 Å². The molecule has 0 aliphatic carbocycles. The number of amides is 1. The van der Waals surface area contributed by atoms with E-state index in [0.717, 1.165) is 23.1 Å². The number of aromatic nitrogens is 3. The van der Waals surface area contributed by atoms with E-state index < -0.39 is 11.9 Å². The molecule has 0 fully saturated rings. The summed E-state index contributed by atoms with van der Waals surface area (Å²) in [6, 6.07) is 0. The van der Waals surface area contributed by atoms with Gasteiger partial charge < -0.3 is 10.4 Å². The molecule has 0 spiro atoms. The Hall–Kier alpha value is -1.87. The minimum Gasteiger partial charge on any atom is -0.478 e. The van der Waals surface area contributed by atoms with Gasteiger partial charge in [-0.05, 0) is 36.9 Å². The second kappa shape index (κ2) is 4.78. The Balaban J connectivity index is 2.28. The number of hydrogen-bond donors (Lipinski definition) is 2. The van der Waals surface area contributed by atoms with Crippen molar-refractivity contribution in [2.24, 2.45) is 0 Å². The van der Waals surface area contributed by atoms with Crippen molar-refractivity contribution in [2.45, 2.75) is 13.8 Å². The molecule has 0 atom stereocenters. The van der Waals surface area contributed by atoms with E-state index in [1.54, 1.807) is 13.8 Å². The maximum Gasteiger partial charge on any atom is 0.340 e. The lowest BCUT2D eigenvalue weighted by atomic mass is 10.2. The topological polar surface area (TPSA) is 105 Å². The smallest absolute Gasteiger partial charge is 0.340 e. The van der Waals surface area contributed by atoms with Crippen LogP contribution >= 0.6 is 23.1 Å². The van der Waals surface area contributed by atoms with Gasteiger partial charge in [0, 0.05) is 0 Å². The quantitative estimate of drug-likeness (QED) is 0.886. The number of carbonyl (C=O) groups excluding carboxylic acids is 1. The summed E-state index contributed by atoms with van der Waals surface area (Å²) in [7, 11) is 0. The van der Waals surface area contributed by atoms with E-state index in [9.17, 15) is 9.59 Å². The first kappa shape index (κ1) is 12.6. The van der Waals surface area contributed by atoms with Crippen molar-refractivity contribution in [3.05, 3.63) is 21.8 Å². The standard InChI is InChI=1S/C9H8N4O3S2/c1-3-5(9(15)16)8(18-12-3)10-7(14)6-4(2)11-13-17-6/h1-2H3,(H,10,14)(H,15,16). The Labute approximate surface area is 110 Å². The number of aryl methyl sites for hydroxylation is 2. The maximum atomic E-state index is 11.9. The Morgan fingerprint density at radius 1 is 1.22 bits per heavy atom. The molecule has 0 saturated carbocycles. The lowest BCUT2D eigenvalue weighted by Gasteiger charge is -2.01. The molecule has 94 valence electrons. The summed E-state index contributed by atoms with van der Waals surface area (Å²) in [5, 5.41) is 15.5. The molecule has 2 N–H and O–H groups in total. The van der Waals surface area contributed by atoms with Crippen LogP contribution in [0.5, 0.6) is 0 Å². The Bertz CT molecular complexity index is 619. The Kier molecular flexibility index (Phi) is 3.34. The molecule has 0 unspecified atom stereocenters. The highest BCUT2D eigenvalue weighted by atomic mass is 32.1. The first-order chi connectivity index (χ1) is 8.50. The van der Waals surface area contributed by atoms with E-state index in [-0.39, 0.29) is 10.6 Å². The third kappa shape index (κ3) is 2.22. The molecule has 0 bridgehead atoms. The maximum absolute atomic E-state index is 11.9. The molecule has 2 aromatic heterocycles. The molecule has 0 radical (unpaired) electrons. The third-order valence-corrected chi connectivity index (χ3v) is 3.84. The van der Waals surface area contributed by atoms with Crippen LogP contribution in [0.4, 0.5) is 5.00 Å². The summed E-state index contributed by atoms with van der Waals surface area (Å²) in [5.74, 6) is -1.54. The van der Waals surface area contributed by atoms with Crippen LogP contribution in [-0.2, 0) is 0 Å². The van der Waals surface area contributed by atoms with E-state index >= 15 is 0 Å². The number of anilines is 1. The van der Waals surface area contributed by atoms with Gasteiger partial charge in [0.1, 0.15) is 15.4 Å². The zero-order valence-electron chi connectivity index (χ0n) is 9.42. The number of rotatable bonds is 3. The molecular weight excluding hydrogens is 276 g/mol. The van der Waals surface area contributed by atoms with Crippen molar-refractivity contribution in [3.63, 3.8) is 0 Å². The van der Waals surface area contributed by atoms with Crippen molar-refractivity contribution in [3.8, 4) is 0 Å². The van der Waals surface area contributed by atoms with Gasteiger partial charge in [0.05, 0.1) is 11.4 Å². The zero-order valence-corrected chi connectivity index (χ0v) is 11.1. The SMILES string of the molecule is Cc1nnsc1C(=O)Nc1snc(C)c1C(=O)O. The molecule has 2 rings (SSSR count). The van der Waals surface area contributed by atoms with Crippen LogP contribution in [0.25, 0.3) is 0 Å². The summed E-state index contributed by atoms with van der Waals surface area (Å²) in [6.07, 6.45) is 0. The van der Waals surface area contributed by atoms with Gasteiger partial charge >= 0.3 is 5.97 Å². The molecule has 9 heteroatoms. The Morgan fingerprint density at radius 2 is 1.94 bits per heavy atom. The number of carboxylic acids is 1. The third-order valence-electron chi connectivity index (χ3n) is 2.16. The van der Waals surface area contributed by atoms with Gasteiger partial charge in [-0.3, -0.25) is 4.79 Å². The van der Waals surface area contributed by atoms with Crippen LogP contribution in [0.1, 0.15) is 31.4 Å². The van der Waals surface area contributed by atoms with Crippen LogP contribution in [0.3, 0.4) is 0 Å². The number of aromatic carboxylic acids is 1. The van der Waals surface area contributed by atoms with Crippen LogP contribution in [0, 0.1) is 13.8 Å². The van der Waals surface area contributed by atoms with E-state index in [2.05, 4.69) is 19.3 Å². The van der Waals surface area contributed by atoms with Crippen LogP contribution in [0.2, 0.25) is 0 Å². The van der Waals surface area contributed by atoms with Crippen LogP contribution < -0.4 is 5.32 Å². The highest BCUT2D eigenvalue weighted by Crippen LogP contribution is 2.25. The number of nitrogens with one attached hydrogen (secondary N) is 1. The van der Waals surface area contributed by atoms with E-state index in [1.807, 2.05) is 0 Å². The minimum absolute atomic E-state index is 0.0171. The van der Waals surface area contributed by atoms with Crippen molar-refractivity contribution in [2.75, 3.05) is 5.32 Å². The number of hydrogen-bond acceptors (Lipinski definition) is 7. The first-order valence-corrected chi connectivity index (χ1v) is 6.35. The van der Waals surface area contributed by atoms with Gasteiger partial charge in [-0.15, -0.1) is 5.10 Å². The van der Waals surface area contributed by atoms with Gasteiger partial charge in [0.25, 0.3) is 5.91 Å². The highest BCUT2D eigenvalue weighted by molar-refractivity contribution is 7.11. The summed E-state index contributed by atoms with van der Waals surface area (Å²) in [6.45, 7) is 3.24. The lowest BCUT2D eigenvalue weighted by Crippen LogP contribution is -2.13. The fourth-order valence-corrected chi connectivity index (χ4v) is 2.64. The average molecular weight is 284 g/mol. The Morgan fingerprint density at radius 3 is 2.50 bits per heavy atom. The normalized spacial score (nSPS) is 10.3. The van der Waals surface area contributed by atoms with Crippen LogP contribution in [-0.4, -0.2) is 30.9 Å². The number of carboxylic acid groups (broad SMARTS) is 1. The molecule has 0 aromatic carbocycles. The van der Waals surface area contributed by atoms with Crippen molar-refractivity contribution in [1.29, 1.82) is 0 Å². The van der Waals surface area contributed by atoms with Crippen LogP contribution in [0.15, 0.2) is 0 Å². The molecule has 0 aliphatic rings. The second-order valence-corrected chi connectivity index (χ2v) is 4.95. The highest BCUT2D eigenvalue weighted by Gasteiger charge is 2.21. The summed E-state index contributed by atoms with van der Waals surface area (Å²) < 4.78 is 7.56. The molecule has 0 aliphatic heterocycles. The molecule has 0 saturated heterocycles. The fourth-order valence-electron chi connectivity index (χ4n) is 1.31. The van der Waals surface area contributed by atoms with E-state index in [1.165, 1.54) is 0 Å². The minimum atomic E-state index is -1.12. The molecule has 2 aromatic rings. The van der Waals surface area contributed by atoms with Gasteiger partial charge in [-0.1, -0.05) is 4.49 Å². The molecule has 7 nitrogen and oxygen atoms in total. The van der Waals surface area contributed by atoms with Crippen molar-refractivity contribution in [1.82, 2.24) is 14.0 Å². The van der Waals surface area contributed by atoms with Gasteiger partial charge in [-0.25, -0.2) is 4.79 Å². The molecule has 2 heterocycles. The van der Waals surface area contributed by atoms with E-state index in [4.69, 9.17) is 5.11 Å². The molecule has 1 amide bonds. The summed E-state index contributed by atoms with van der Waals surface area (Å²) >= 11 is 1.90. The number of carbonyl (C=O) groups is 2. The number of nitrogens with zero attached hydrogens (tertiary/aromatic N) is 3. The fraction of sp³-hybridized carbons (Fsp3) is 0.222. The summed E-state index contributed by atoms with van der Waals surface area (Å²) in [5.41, 5.74) is 0.904. The largest absolute Gasteiger partial charge is 0.478 e. The first-order valence-electron chi connectivity index (χ1n) is 4.80. The summed E-state index contributed by atoms with van der Waals surface area (Å²) in [4.78, 5) is 23.3. The second-order valence-electron chi connectivity index (χ2n) is 3.42. The lowest BCUT2D eigenvalue weighted by molar-refractivity contribution is 0.0697. The van der Waals surface area contributed by atoms with Crippen molar-refractivity contribution >= 4 is 39.9 Å². The average Bonchev–Trinajstić information content (AvgIpc) is 2.85. The zero-order chi connectivity index (χ0) is 13.3. The predicted molar refractivity (Wildman–Crippen MR) is 66.4 cm³/mol. The van der Waals surface area contributed by atoms with Gasteiger partial charge in [0.15, 0.2) is 0 Å².